The topological polar surface area (TPSA) is 235 Å². The highest BCUT2D eigenvalue weighted by Crippen LogP contribution is 2.21. The number of urea groups is 1. The Bertz CT molecular complexity index is 1530. The fraction of sp³-hybridized carbons (Fsp3) is 0.407. The molecule has 3 amide bonds. The van der Waals surface area contributed by atoms with Crippen LogP contribution >= 0.6 is 0 Å². The minimum absolute atomic E-state index is 0.103. The summed E-state index contributed by atoms with van der Waals surface area (Å²) in [7, 11) is -5.87. The lowest BCUT2D eigenvalue weighted by Gasteiger charge is -2.25. The highest BCUT2D eigenvalue weighted by atomic mass is 32.2. The van der Waals surface area contributed by atoms with Crippen LogP contribution in [0, 0.1) is 0 Å². The Balaban J connectivity index is 1.94. The van der Waals surface area contributed by atoms with Gasteiger partial charge in [-0.1, -0.05) is 12.1 Å². The van der Waals surface area contributed by atoms with Crippen LogP contribution in [0.5, 0.6) is 0 Å². The molecule has 0 bridgehead atoms. The standard InChI is InChI=1S/C27H36N4O13S2/c1-30(21-8-10-22(11-9-21)31(14-16-43-45(2,38)39)15-17-44-46(3,40)41)27(37)42-18-19-4-6-20(7-5-19)28-26(36)29-23(25(34)35)12-13-24(32)33/h4-11,23H,12-18H2,1-3H3,(H,32,33)(H,34,35)(H2,28,29,36)/t23-/m0/s1. The molecule has 0 saturated heterocycles. The summed E-state index contributed by atoms with van der Waals surface area (Å²) in [5.74, 6) is -2.56. The molecule has 19 heteroatoms. The van der Waals surface area contributed by atoms with E-state index in [0.717, 1.165) is 12.5 Å². The van der Waals surface area contributed by atoms with Gasteiger partial charge in [-0.3, -0.25) is 18.1 Å². The van der Waals surface area contributed by atoms with Crippen molar-refractivity contribution >= 4 is 61.4 Å². The molecule has 17 nitrogen and oxygen atoms in total. The minimum Gasteiger partial charge on any atom is -0.481 e. The number of amides is 3. The van der Waals surface area contributed by atoms with Gasteiger partial charge in [-0.05, 0) is 48.4 Å². The predicted octanol–water partition coefficient (Wildman–Crippen LogP) is 1.66. The summed E-state index contributed by atoms with van der Waals surface area (Å²) >= 11 is 0. The summed E-state index contributed by atoms with van der Waals surface area (Å²) in [6.07, 6.45) is 0.424. The first-order chi connectivity index (χ1) is 21.4. The molecule has 0 aromatic heterocycles. The molecule has 0 aliphatic rings. The molecular weight excluding hydrogens is 652 g/mol. The number of nitrogens with one attached hydrogen (secondary N) is 2. The summed E-state index contributed by atoms with van der Waals surface area (Å²) in [6.45, 7) is -0.276. The van der Waals surface area contributed by atoms with Crippen LogP contribution in [0.3, 0.4) is 0 Å². The number of carboxylic acid groups (broad SMARTS) is 2. The number of carbonyl (C=O) groups excluding carboxylic acids is 2. The molecule has 1 atom stereocenters. The first kappa shape index (κ1) is 37.7. The van der Waals surface area contributed by atoms with Gasteiger partial charge < -0.3 is 30.5 Å². The zero-order valence-electron chi connectivity index (χ0n) is 25.2. The van der Waals surface area contributed by atoms with E-state index in [1.165, 1.54) is 24.1 Å². The molecule has 0 aliphatic carbocycles. The number of hydrogen-bond acceptors (Lipinski definition) is 12. The molecular formula is C27H36N4O13S2. The largest absolute Gasteiger partial charge is 0.481 e. The summed E-state index contributed by atoms with van der Waals surface area (Å²) in [5, 5.41) is 22.5. The summed E-state index contributed by atoms with van der Waals surface area (Å²) in [4.78, 5) is 49.7. The van der Waals surface area contributed by atoms with Crippen molar-refractivity contribution in [3.8, 4) is 0 Å². The van der Waals surface area contributed by atoms with Crippen molar-refractivity contribution in [3.63, 3.8) is 0 Å². The molecule has 0 radical (unpaired) electrons. The van der Waals surface area contributed by atoms with Crippen LogP contribution in [0.2, 0.25) is 0 Å². The van der Waals surface area contributed by atoms with Crippen LogP contribution in [0.25, 0.3) is 0 Å². The lowest BCUT2D eigenvalue weighted by Crippen LogP contribution is -2.43. The molecule has 0 saturated carbocycles. The molecule has 0 aliphatic heterocycles. The molecule has 0 fully saturated rings. The number of anilines is 3. The van der Waals surface area contributed by atoms with Crippen molar-refractivity contribution in [3.05, 3.63) is 54.1 Å². The predicted molar refractivity (Wildman–Crippen MR) is 166 cm³/mol. The van der Waals surface area contributed by atoms with Gasteiger partial charge in [0.15, 0.2) is 0 Å². The Morgan fingerprint density at radius 2 is 1.35 bits per heavy atom. The monoisotopic (exact) mass is 688 g/mol. The highest BCUT2D eigenvalue weighted by Gasteiger charge is 2.21. The van der Waals surface area contributed by atoms with Gasteiger partial charge in [0.05, 0.1) is 25.7 Å². The number of rotatable bonds is 18. The normalized spacial score (nSPS) is 12.1. The zero-order valence-corrected chi connectivity index (χ0v) is 26.9. The number of ether oxygens (including phenoxy) is 1. The van der Waals surface area contributed by atoms with Gasteiger partial charge in [0, 0.05) is 43.6 Å². The van der Waals surface area contributed by atoms with Gasteiger partial charge in [0.2, 0.25) is 0 Å². The fourth-order valence-corrected chi connectivity index (χ4v) is 4.49. The maximum Gasteiger partial charge on any atom is 0.414 e. The quantitative estimate of drug-likeness (QED) is 0.163. The second-order valence-electron chi connectivity index (χ2n) is 9.79. The van der Waals surface area contributed by atoms with Crippen molar-refractivity contribution < 1.29 is 59.3 Å². The second kappa shape index (κ2) is 17.3. The summed E-state index contributed by atoms with van der Waals surface area (Å²) in [6, 6.07) is 10.5. The number of aliphatic carboxylic acids is 2. The summed E-state index contributed by atoms with van der Waals surface area (Å²) < 4.78 is 60.2. The Labute approximate surface area is 266 Å². The van der Waals surface area contributed by atoms with Gasteiger partial charge in [-0.25, -0.2) is 14.4 Å². The molecule has 254 valence electrons. The fourth-order valence-electron chi connectivity index (χ4n) is 3.74. The Morgan fingerprint density at radius 1 is 0.826 bits per heavy atom. The lowest BCUT2D eigenvalue weighted by molar-refractivity contribution is -0.140. The minimum atomic E-state index is -3.68. The van der Waals surface area contributed by atoms with Crippen molar-refractivity contribution in [2.75, 3.05) is 61.0 Å². The van der Waals surface area contributed by atoms with Crippen molar-refractivity contribution in [1.82, 2.24) is 5.32 Å². The van der Waals surface area contributed by atoms with E-state index >= 15 is 0 Å². The van der Waals surface area contributed by atoms with Crippen LogP contribution in [-0.2, 0) is 49.5 Å². The van der Waals surface area contributed by atoms with Gasteiger partial charge in [0.1, 0.15) is 12.6 Å². The van der Waals surface area contributed by atoms with E-state index in [2.05, 4.69) is 10.6 Å². The third-order valence-electron chi connectivity index (χ3n) is 6.02. The zero-order chi connectivity index (χ0) is 34.5. The SMILES string of the molecule is CN(C(=O)OCc1ccc(NC(=O)N[C@@H](CCC(=O)O)C(=O)O)cc1)c1ccc(N(CCOS(C)(=O)=O)CCOS(C)(=O)=O)cc1. The molecule has 46 heavy (non-hydrogen) atoms. The highest BCUT2D eigenvalue weighted by molar-refractivity contribution is 7.86. The van der Waals surface area contributed by atoms with E-state index in [9.17, 15) is 36.0 Å². The number of carbonyl (C=O) groups is 4. The number of nitrogens with zero attached hydrogens (tertiary/aromatic N) is 2. The summed E-state index contributed by atoms with van der Waals surface area (Å²) in [5.41, 5.74) is 1.94. The third-order valence-corrected chi connectivity index (χ3v) is 7.21. The van der Waals surface area contributed by atoms with E-state index in [1.807, 2.05) is 0 Å². The Hall–Kier alpha value is -4.46. The van der Waals surface area contributed by atoms with E-state index in [-0.39, 0.29) is 39.3 Å². The maximum atomic E-state index is 12.7. The van der Waals surface area contributed by atoms with Crippen LogP contribution < -0.4 is 20.4 Å². The number of carboxylic acids is 2. The number of hydrogen-bond donors (Lipinski definition) is 4. The van der Waals surface area contributed by atoms with Gasteiger partial charge >= 0.3 is 24.1 Å². The first-order valence-corrected chi connectivity index (χ1v) is 17.1. The molecule has 0 heterocycles. The molecule has 0 spiro atoms. The molecule has 2 rings (SSSR count). The van der Waals surface area contributed by atoms with Gasteiger partial charge in [0.25, 0.3) is 20.2 Å². The smallest absolute Gasteiger partial charge is 0.414 e. The second-order valence-corrected chi connectivity index (χ2v) is 13.1. The Kier molecular flexibility index (Phi) is 14.2. The van der Waals surface area contributed by atoms with Crippen LogP contribution in [0.15, 0.2) is 48.5 Å². The lowest BCUT2D eigenvalue weighted by atomic mass is 10.1. The third kappa shape index (κ3) is 14.5. The maximum absolute atomic E-state index is 12.7. The average Bonchev–Trinajstić information content (AvgIpc) is 2.96. The van der Waals surface area contributed by atoms with Crippen LogP contribution in [0.1, 0.15) is 18.4 Å². The van der Waals surface area contributed by atoms with E-state index in [1.54, 1.807) is 41.3 Å². The van der Waals surface area contributed by atoms with E-state index < -0.39 is 56.8 Å². The van der Waals surface area contributed by atoms with Gasteiger partial charge in [-0.15, -0.1) is 0 Å². The van der Waals surface area contributed by atoms with Crippen molar-refractivity contribution in [2.24, 2.45) is 0 Å². The van der Waals surface area contributed by atoms with Crippen molar-refractivity contribution in [1.29, 1.82) is 0 Å². The van der Waals surface area contributed by atoms with Crippen LogP contribution in [-0.4, -0.2) is 103 Å². The van der Waals surface area contributed by atoms with E-state index in [0.29, 0.717) is 22.6 Å². The average molecular weight is 689 g/mol. The van der Waals surface area contributed by atoms with E-state index in [4.69, 9.17) is 23.3 Å². The molecule has 0 unspecified atom stereocenters. The van der Waals surface area contributed by atoms with Crippen LogP contribution in [0.4, 0.5) is 26.7 Å². The molecule has 4 N–H and O–H groups in total. The Morgan fingerprint density at radius 3 is 1.83 bits per heavy atom. The van der Waals surface area contributed by atoms with Gasteiger partial charge in [-0.2, -0.15) is 16.8 Å². The first-order valence-electron chi connectivity index (χ1n) is 13.5. The van der Waals surface area contributed by atoms with Crippen molar-refractivity contribution in [2.45, 2.75) is 25.5 Å². The molecule has 2 aromatic carbocycles. The molecule has 2 aromatic rings. The number of benzene rings is 2.